The molecule has 1 fully saturated rings. The van der Waals surface area contributed by atoms with Crippen LogP contribution < -0.4 is 5.48 Å². The first kappa shape index (κ1) is 16.4. The normalized spacial score (nSPS) is 19.5. The molecule has 0 atom stereocenters. The van der Waals surface area contributed by atoms with Gasteiger partial charge >= 0.3 is 0 Å². The summed E-state index contributed by atoms with van der Waals surface area (Å²) in [5.41, 5.74) is 4.74. The van der Waals surface area contributed by atoms with Gasteiger partial charge in [-0.15, -0.1) is 0 Å². The van der Waals surface area contributed by atoms with Gasteiger partial charge in [0.05, 0.1) is 12.0 Å². The monoisotopic (exact) mass is 338 g/mol. The zero-order chi connectivity index (χ0) is 16.4. The SMILES string of the molecule is CONC(=O)C1CCN(S(=O)(=O)c2ccc3c(c2)CCC3)CC1. The molecule has 1 aromatic carbocycles. The smallest absolute Gasteiger partial charge is 0.246 e. The van der Waals surface area contributed by atoms with Gasteiger partial charge in [0.15, 0.2) is 0 Å². The number of nitrogens with zero attached hydrogens (tertiary/aromatic N) is 1. The number of carbonyl (C=O) groups is 1. The van der Waals surface area contributed by atoms with Gasteiger partial charge in [-0.2, -0.15) is 4.31 Å². The fourth-order valence-electron chi connectivity index (χ4n) is 3.40. The van der Waals surface area contributed by atoms with Crippen molar-refractivity contribution in [3.8, 4) is 0 Å². The maximum absolute atomic E-state index is 12.8. The van der Waals surface area contributed by atoms with Gasteiger partial charge in [-0.05, 0) is 55.4 Å². The van der Waals surface area contributed by atoms with Gasteiger partial charge in [-0.1, -0.05) is 6.07 Å². The number of nitrogens with one attached hydrogen (secondary N) is 1. The van der Waals surface area contributed by atoms with Crippen molar-refractivity contribution in [1.82, 2.24) is 9.79 Å². The molecule has 1 aliphatic heterocycles. The summed E-state index contributed by atoms with van der Waals surface area (Å²) in [7, 11) is -2.08. The predicted octanol–water partition coefficient (Wildman–Crippen LogP) is 1.25. The minimum atomic E-state index is -3.47. The zero-order valence-electron chi connectivity index (χ0n) is 13.2. The topological polar surface area (TPSA) is 75.7 Å². The molecule has 7 heteroatoms. The number of piperidine rings is 1. The number of sulfonamides is 1. The first-order valence-electron chi connectivity index (χ1n) is 7.97. The summed E-state index contributed by atoms with van der Waals surface area (Å²) in [6.45, 7) is 0.725. The first-order valence-corrected chi connectivity index (χ1v) is 9.41. The molecule has 1 amide bonds. The van der Waals surface area contributed by atoms with Crippen molar-refractivity contribution in [3.05, 3.63) is 29.3 Å². The number of benzene rings is 1. The van der Waals surface area contributed by atoms with E-state index in [1.807, 2.05) is 12.1 Å². The lowest BCUT2D eigenvalue weighted by Crippen LogP contribution is -2.42. The molecule has 0 spiro atoms. The largest absolute Gasteiger partial charge is 0.277 e. The quantitative estimate of drug-likeness (QED) is 0.839. The van der Waals surface area contributed by atoms with E-state index >= 15 is 0 Å². The first-order chi connectivity index (χ1) is 11.0. The van der Waals surface area contributed by atoms with E-state index in [2.05, 4.69) is 10.3 Å². The highest BCUT2D eigenvalue weighted by molar-refractivity contribution is 7.89. The van der Waals surface area contributed by atoms with Crippen molar-refractivity contribution >= 4 is 15.9 Å². The highest BCUT2D eigenvalue weighted by Crippen LogP contribution is 2.28. The molecular formula is C16H22N2O4S. The van der Waals surface area contributed by atoms with E-state index in [0.717, 1.165) is 24.8 Å². The van der Waals surface area contributed by atoms with E-state index in [0.29, 0.717) is 30.8 Å². The number of rotatable bonds is 4. The maximum atomic E-state index is 12.8. The third-order valence-corrected chi connectivity index (χ3v) is 6.63. The van der Waals surface area contributed by atoms with E-state index in [1.165, 1.54) is 17.0 Å². The summed E-state index contributed by atoms with van der Waals surface area (Å²) < 4.78 is 27.1. The van der Waals surface area contributed by atoms with Gasteiger partial charge in [0.1, 0.15) is 0 Å². The molecule has 23 heavy (non-hydrogen) atoms. The molecule has 1 aliphatic carbocycles. The molecule has 1 aromatic rings. The maximum Gasteiger partial charge on any atom is 0.246 e. The number of aryl methyl sites for hydroxylation is 2. The van der Waals surface area contributed by atoms with Crippen molar-refractivity contribution in [1.29, 1.82) is 0 Å². The van der Waals surface area contributed by atoms with E-state index < -0.39 is 10.0 Å². The number of fused-ring (bicyclic) bond motifs is 1. The van der Waals surface area contributed by atoms with Crippen LogP contribution in [0.5, 0.6) is 0 Å². The Morgan fingerprint density at radius 3 is 2.61 bits per heavy atom. The van der Waals surface area contributed by atoms with Crippen LogP contribution in [0.3, 0.4) is 0 Å². The van der Waals surface area contributed by atoms with Gasteiger partial charge in [0.2, 0.25) is 15.9 Å². The Balaban J connectivity index is 1.71. The molecule has 6 nitrogen and oxygen atoms in total. The molecule has 3 rings (SSSR count). The summed E-state index contributed by atoms with van der Waals surface area (Å²) in [6, 6.07) is 5.47. The predicted molar refractivity (Wildman–Crippen MR) is 85.1 cm³/mol. The second kappa shape index (κ2) is 6.59. The van der Waals surface area contributed by atoms with Gasteiger partial charge < -0.3 is 0 Å². The Hall–Kier alpha value is -1.44. The van der Waals surface area contributed by atoms with E-state index in [9.17, 15) is 13.2 Å². The molecule has 1 saturated heterocycles. The molecule has 0 unspecified atom stereocenters. The Morgan fingerprint density at radius 1 is 1.22 bits per heavy atom. The van der Waals surface area contributed by atoms with Crippen molar-refractivity contribution < 1.29 is 18.0 Å². The number of amides is 1. The lowest BCUT2D eigenvalue weighted by molar-refractivity contribution is -0.136. The summed E-state index contributed by atoms with van der Waals surface area (Å²) in [5.74, 6) is -0.372. The van der Waals surface area contributed by atoms with Crippen LogP contribution in [-0.2, 0) is 32.5 Å². The van der Waals surface area contributed by atoms with Gasteiger partial charge in [-0.25, -0.2) is 13.9 Å². The average molecular weight is 338 g/mol. The van der Waals surface area contributed by atoms with Crippen LogP contribution in [0.4, 0.5) is 0 Å². The van der Waals surface area contributed by atoms with Gasteiger partial charge in [0.25, 0.3) is 0 Å². The Labute approximate surface area is 136 Å². The Morgan fingerprint density at radius 2 is 1.91 bits per heavy atom. The number of carbonyl (C=O) groups excluding carboxylic acids is 1. The lowest BCUT2D eigenvalue weighted by Gasteiger charge is -2.30. The lowest BCUT2D eigenvalue weighted by atomic mass is 9.98. The average Bonchev–Trinajstić information content (AvgIpc) is 3.03. The van der Waals surface area contributed by atoms with Crippen molar-refractivity contribution in [2.75, 3.05) is 20.2 Å². The minimum Gasteiger partial charge on any atom is -0.277 e. The molecule has 0 aromatic heterocycles. The van der Waals surface area contributed by atoms with Gasteiger partial charge in [-0.3, -0.25) is 9.63 Å². The molecule has 0 radical (unpaired) electrons. The van der Waals surface area contributed by atoms with E-state index in [-0.39, 0.29) is 11.8 Å². The van der Waals surface area contributed by atoms with Crippen molar-refractivity contribution in [2.24, 2.45) is 5.92 Å². The highest BCUT2D eigenvalue weighted by atomic mass is 32.2. The second-order valence-electron chi connectivity index (χ2n) is 6.13. The minimum absolute atomic E-state index is 0.179. The van der Waals surface area contributed by atoms with Crippen LogP contribution >= 0.6 is 0 Å². The number of hydroxylamine groups is 1. The van der Waals surface area contributed by atoms with Gasteiger partial charge in [0, 0.05) is 19.0 Å². The summed E-state index contributed by atoms with van der Waals surface area (Å²) in [5, 5.41) is 0. The molecule has 0 saturated carbocycles. The highest BCUT2D eigenvalue weighted by Gasteiger charge is 2.32. The second-order valence-corrected chi connectivity index (χ2v) is 8.07. The van der Waals surface area contributed by atoms with Crippen LogP contribution in [0, 0.1) is 5.92 Å². The van der Waals surface area contributed by atoms with E-state index in [4.69, 9.17) is 0 Å². The van der Waals surface area contributed by atoms with Crippen LogP contribution in [0.2, 0.25) is 0 Å². The van der Waals surface area contributed by atoms with Crippen LogP contribution in [0.15, 0.2) is 23.1 Å². The molecule has 126 valence electrons. The molecular weight excluding hydrogens is 316 g/mol. The molecule has 2 aliphatic rings. The van der Waals surface area contributed by atoms with E-state index in [1.54, 1.807) is 6.07 Å². The Kier molecular flexibility index (Phi) is 4.70. The van der Waals surface area contributed by atoms with Crippen molar-refractivity contribution in [3.63, 3.8) is 0 Å². The Bertz CT molecular complexity index is 694. The molecule has 1 N–H and O–H groups in total. The molecule has 0 bridgehead atoms. The zero-order valence-corrected chi connectivity index (χ0v) is 14.1. The fourth-order valence-corrected chi connectivity index (χ4v) is 4.92. The number of hydrogen-bond donors (Lipinski definition) is 1. The third kappa shape index (κ3) is 3.27. The summed E-state index contributed by atoms with van der Waals surface area (Å²) >= 11 is 0. The standard InChI is InChI=1S/C16H22N2O4S/c1-22-17-16(19)13-7-9-18(10-8-13)23(20,21)15-6-5-12-3-2-4-14(12)11-15/h5-6,11,13H,2-4,7-10H2,1H3,(H,17,19). The molecule has 1 heterocycles. The number of hydrogen-bond acceptors (Lipinski definition) is 4. The third-order valence-electron chi connectivity index (χ3n) is 4.74. The van der Waals surface area contributed by atoms with Crippen LogP contribution in [-0.4, -0.2) is 38.8 Å². The summed E-state index contributed by atoms with van der Waals surface area (Å²) in [6.07, 6.45) is 4.12. The van der Waals surface area contributed by atoms with Crippen LogP contribution in [0.1, 0.15) is 30.4 Å². The fraction of sp³-hybridized carbons (Fsp3) is 0.562. The van der Waals surface area contributed by atoms with Crippen LogP contribution in [0.25, 0.3) is 0 Å². The van der Waals surface area contributed by atoms with Crippen molar-refractivity contribution in [2.45, 2.75) is 37.0 Å². The summed E-state index contributed by atoms with van der Waals surface area (Å²) in [4.78, 5) is 16.8.